The van der Waals surface area contributed by atoms with Crippen LogP contribution in [0, 0.1) is 5.82 Å². The summed E-state index contributed by atoms with van der Waals surface area (Å²) < 4.78 is 36.9. The summed E-state index contributed by atoms with van der Waals surface area (Å²) in [5, 5.41) is 4.31. The molecule has 0 aromatic carbocycles. The molecule has 0 aliphatic heterocycles. The summed E-state index contributed by atoms with van der Waals surface area (Å²) in [5.41, 5.74) is 0.243. The zero-order chi connectivity index (χ0) is 12.8. The standard InChI is InChI=1S/C10H12F3N3O/c1-6(7-2-3-14-4-8(7)11)16-10(17)15-5-9(12)13/h2-4,6,9H,5H2,1H3,(H2,15,16,17)/t6-/m0/s1. The Kier molecular flexibility index (Phi) is 4.74. The largest absolute Gasteiger partial charge is 0.332 e. The van der Waals surface area contributed by atoms with Crippen LogP contribution in [0.5, 0.6) is 0 Å². The molecular weight excluding hydrogens is 235 g/mol. The van der Waals surface area contributed by atoms with Crippen molar-refractivity contribution in [3.8, 4) is 0 Å². The molecule has 0 unspecified atom stereocenters. The fourth-order valence-corrected chi connectivity index (χ4v) is 1.23. The van der Waals surface area contributed by atoms with Crippen molar-refractivity contribution in [2.24, 2.45) is 0 Å². The normalized spacial score (nSPS) is 12.3. The predicted octanol–water partition coefficient (Wildman–Crippen LogP) is 1.85. The number of halogens is 3. The summed E-state index contributed by atoms with van der Waals surface area (Å²) >= 11 is 0. The number of hydrogen-bond acceptors (Lipinski definition) is 2. The van der Waals surface area contributed by atoms with Crippen LogP contribution in [0.2, 0.25) is 0 Å². The second-order valence-corrected chi connectivity index (χ2v) is 3.36. The monoisotopic (exact) mass is 247 g/mol. The van der Waals surface area contributed by atoms with Crippen molar-refractivity contribution in [2.45, 2.75) is 19.4 Å². The van der Waals surface area contributed by atoms with E-state index >= 15 is 0 Å². The molecule has 0 radical (unpaired) electrons. The molecule has 1 rings (SSSR count). The lowest BCUT2D eigenvalue weighted by molar-refractivity contribution is 0.146. The molecule has 0 bridgehead atoms. The molecule has 0 aliphatic rings. The zero-order valence-electron chi connectivity index (χ0n) is 9.08. The van der Waals surface area contributed by atoms with E-state index < -0.39 is 30.9 Å². The van der Waals surface area contributed by atoms with Crippen LogP contribution < -0.4 is 10.6 Å². The van der Waals surface area contributed by atoms with Gasteiger partial charge in [-0.3, -0.25) is 4.98 Å². The Morgan fingerprint density at radius 1 is 1.53 bits per heavy atom. The summed E-state index contributed by atoms with van der Waals surface area (Å²) in [6, 6.07) is 0.0117. The third-order valence-corrected chi connectivity index (χ3v) is 2.03. The number of amides is 2. The molecule has 0 saturated carbocycles. The molecule has 0 aliphatic carbocycles. The highest BCUT2D eigenvalue weighted by Crippen LogP contribution is 2.14. The van der Waals surface area contributed by atoms with Crippen molar-refractivity contribution in [1.29, 1.82) is 0 Å². The Labute approximate surface area is 96.2 Å². The van der Waals surface area contributed by atoms with Gasteiger partial charge in [-0.1, -0.05) is 0 Å². The van der Waals surface area contributed by atoms with Crippen LogP contribution >= 0.6 is 0 Å². The van der Waals surface area contributed by atoms with E-state index in [1.807, 2.05) is 5.32 Å². The number of alkyl halides is 2. The number of carbonyl (C=O) groups excluding carboxylic acids is 1. The molecule has 0 saturated heterocycles. The van der Waals surface area contributed by atoms with Gasteiger partial charge in [-0.15, -0.1) is 0 Å². The minimum atomic E-state index is -2.62. The van der Waals surface area contributed by atoms with E-state index in [0.29, 0.717) is 0 Å². The molecular formula is C10H12F3N3O. The van der Waals surface area contributed by atoms with Gasteiger partial charge in [-0.05, 0) is 13.0 Å². The van der Waals surface area contributed by atoms with Gasteiger partial charge in [0.1, 0.15) is 5.82 Å². The van der Waals surface area contributed by atoms with Crippen LogP contribution in [-0.2, 0) is 0 Å². The molecule has 1 aromatic heterocycles. The van der Waals surface area contributed by atoms with E-state index in [9.17, 15) is 18.0 Å². The van der Waals surface area contributed by atoms with E-state index in [2.05, 4.69) is 10.3 Å². The Bertz CT molecular complexity index is 387. The first-order chi connectivity index (χ1) is 8.00. The lowest BCUT2D eigenvalue weighted by Gasteiger charge is -2.15. The zero-order valence-corrected chi connectivity index (χ0v) is 9.08. The van der Waals surface area contributed by atoms with Gasteiger partial charge in [0.05, 0.1) is 18.8 Å². The molecule has 1 aromatic rings. The summed E-state index contributed by atoms with van der Waals surface area (Å²) in [7, 11) is 0. The van der Waals surface area contributed by atoms with Crippen molar-refractivity contribution in [2.75, 3.05) is 6.54 Å². The molecule has 2 N–H and O–H groups in total. The van der Waals surface area contributed by atoms with Gasteiger partial charge < -0.3 is 10.6 Å². The number of aromatic nitrogens is 1. The minimum absolute atomic E-state index is 0.243. The fourth-order valence-electron chi connectivity index (χ4n) is 1.23. The number of urea groups is 1. The van der Waals surface area contributed by atoms with Crippen molar-refractivity contribution in [3.63, 3.8) is 0 Å². The quantitative estimate of drug-likeness (QED) is 0.853. The van der Waals surface area contributed by atoms with E-state index in [1.54, 1.807) is 6.92 Å². The molecule has 2 amide bonds. The Morgan fingerprint density at radius 3 is 2.82 bits per heavy atom. The maximum atomic E-state index is 13.3. The predicted molar refractivity (Wildman–Crippen MR) is 55.1 cm³/mol. The molecule has 0 fully saturated rings. The lowest BCUT2D eigenvalue weighted by Crippen LogP contribution is -2.39. The lowest BCUT2D eigenvalue weighted by atomic mass is 10.1. The maximum Gasteiger partial charge on any atom is 0.315 e. The van der Waals surface area contributed by atoms with E-state index in [0.717, 1.165) is 6.20 Å². The van der Waals surface area contributed by atoms with Crippen LogP contribution in [0.3, 0.4) is 0 Å². The summed E-state index contributed by atoms with van der Waals surface area (Å²) in [6.45, 7) is 0.803. The average Bonchev–Trinajstić information content (AvgIpc) is 2.26. The number of nitrogens with zero attached hydrogens (tertiary/aromatic N) is 1. The fraction of sp³-hybridized carbons (Fsp3) is 0.400. The summed E-state index contributed by atoms with van der Waals surface area (Å²) in [6.07, 6.45) is -0.216. The van der Waals surface area contributed by atoms with E-state index in [4.69, 9.17) is 0 Å². The van der Waals surface area contributed by atoms with Crippen molar-refractivity contribution in [1.82, 2.24) is 15.6 Å². The molecule has 1 atom stereocenters. The van der Waals surface area contributed by atoms with Gasteiger partial charge in [0, 0.05) is 11.8 Å². The maximum absolute atomic E-state index is 13.3. The molecule has 17 heavy (non-hydrogen) atoms. The molecule has 0 spiro atoms. The third kappa shape index (κ3) is 4.29. The highest BCUT2D eigenvalue weighted by Gasteiger charge is 2.14. The molecule has 4 nitrogen and oxygen atoms in total. The third-order valence-electron chi connectivity index (χ3n) is 2.03. The second-order valence-electron chi connectivity index (χ2n) is 3.36. The van der Waals surface area contributed by atoms with Crippen LogP contribution in [0.15, 0.2) is 18.5 Å². The van der Waals surface area contributed by atoms with Gasteiger partial charge in [-0.25, -0.2) is 18.0 Å². The van der Waals surface area contributed by atoms with Gasteiger partial charge in [-0.2, -0.15) is 0 Å². The number of pyridine rings is 1. The van der Waals surface area contributed by atoms with Crippen molar-refractivity contribution >= 4 is 6.03 Å². The first-order valence-corrected chi connectivity index (χ1v) is 4.92. The van der Waals surface area contributed by atoms with Gasteiger partial charge >= 0.3 is 6.03 Å². The van der Waals surface area contributed by atoms with Crippen LogP contribution in [0.4, 0.5) is 18.0 Å². The van der Waals surface area contributed by atoms with E-state index in [1.165, 1.54) is 12.3 Å². The molecule has 7 heteroatoms. The van der Waals surface area contributed by atoms with Gasteiger partial charge in [0.2, 0.25) is 0 Å². The minimum Gasteiger partial charge on any atom is -0.332 e. The topological polar surface area (TPSA) is 54.0 Å². The highest BCUT2D eigenvalue weighted by atomic mass is 19.3. The smallest absolute Gasteiger partial charge is 0.315 e. The van der Waals surface area contributed by atoms with Crippen LogP contribution in [-0.4, -0.2) is 24.0 Å². The van der Waals surface area contributed by atoms with Crippen LogP contribution in [0.25, 0.3) is 0 Å². The van der Waals surface area contributed by atoms with Gasteiger partial charge in [0.25, 0.3) is 6.43 Å². The van der Waals surface area contributed by atoms with Gasteiger partial charge in [0.15, 0.2) is 0 Å². The van der Waals surface area contributed by atoms with E-state index in [-0.39, 0.29) is 5.56 Å². The number of rotatable bonds is 4. The molecule has 94 valence electrons. The van der Waals surface area contributed by atoms with Crippen LogP contribution in [0.1, 0.15) is 18.5 Å². The first-order valence-electron chi connectivity index (χ1n) is 4.92. The summed E-state index contributed by atoms with van der Waals surface area (Å²) in [4.78, 5) is 14.7. The Hall–Kier alpha value is -1.79. The Morgan fingerprint density at radius 2 is 2.24 bits per heavy atom. The van der Waals surface area contributed by atoms with Crippen molar-refractivity contribution < 1.29 is 18.0 Å². The SMILES string of the molecule is C[C@H](NC(=O)NCC(F)F)c1ccncc1F. The second kappa shape index (κ2) is 6.07. The summed E-state index contributed by atoms with van der Waals surface area (Å²) in [5.74, 6) is -0.561. The molecule has 1 heterocycles. The van der Waals surface area contributed by atoms with Crippen molar-refractivity contribution in [3.05, 3.63) is 29.8 Å². The number of hydrogen-bond donors (Lipinski definition) is 2. The number of carbonyl (C=O) groups is 1. The average molecular weight is 247 g/mol. The number of nitrogens with one attached hydrogen (secondary N) is 2. The Balaban J connectivity index is 2.52. The first kappa shape index (κ1) is 13.3. The highest BCUT2D eigenvalue weighted by molar-refractivity contribution is 5.74.